The number of rotatable bonds is 5. The van der Waals surface area contributed by atoms with Crippen LogP contribution in [0.4, 0.5) is 5.69 Å². The van der Waals surface area contributed by atoms with Crippen LogP contribution in [0.1, 0.15) is 27.7 Å². The van der Waals surface area contributed by atoms with Gasteiger partial charge in [-0.1, -0.05) is 36.4 Å². The van der Waals surface area contributed by atoms with Crippen LogP contribution in [-0.4, -0.2) is 21.0 Å². The summed E-state index contributed by atoms with van der Waals surface area (Å²) in [6.07, 6.45) is 0. The van der Waals surface area contributed by atoms with E-state index in [0.717, 1.165) is 27.2 Å². The maximum Gasteiger partial charge on any atom is 0.349 e. The average Bonchev–Trinajstić information content (AvgIpc) is 2.99. The van der Waals surface area contributed by atoms with E-state index in [9.17, 15) is 13.2 Å². The maximum atomic E-state index is 13.2. The van der Waals surface area contributed by atoms with Crippen molar-refractivity contribution < 1.29 is 17.9 Å². The quantitative estimate of drug-likeness (QED) is 0.652. The molecule has 0 saturated heterocycles. The van der Waals surface area contributed by atoms with Gasteiger partial charge in [0.05, 0.1) is 12.3 Å². The second kappa shape index (κ2) is 7.09. The number of carbonyl (C=O) groups is 1. The molecule has 3 rings (SSSR count). The zero-order valence-corrected chi connectivity index (χ0v) is 16.3. The summed E-state index contributed by atoms with van der Waals surface area (Å²) in [5.41, 5.74) is 2.15. The van der Waals surface area contributed by atoms with Gasteiger partial charge in [0.2, 0.25) is 0 Å². The Hall–Kier alpha value is -2.38. The molecule has 0 saturated carbocycles. The first kappa shape index (κ1) is 18.4. The molecule has 0 aliphatic rings. The van der Waals surface area contributed by atoms with Crippen LogP contribution in [0.3, 0.4) is 0 Å². The molecular weight excluding hydrogens is 370 g/mol. The number of nitrogens with one attached hydrogen (secondary N) is 1. The van der Waals surface area contributed by atoms with Gasteiger partial charge in [0.1, 0.15) is 9.77 Å². The highest BCUT2D eigenvalue weighted by Crippen LogP contribution is 2.36. The Bertz CT molecular complexity index is 1060. The standard InChI is InChI=1S/C19H19NO4S2/c1-4-24-19(21)17-18(14-10-5-6-11-15(14)25-17)26(22,23)20-16-12(2)8-7-9-13(16)3/h5-11,20H,4H2,1-3H3. The average molecular weight is 389 g/mol. The first-order valence-corrected chi connectivity index (χ1v) is 10.4. The van der Waals surface area contributed by atoms with Gasteiger partial charge in [0, 0.05) is 10.1 Å². The van der Waals surface area contributed by atoms with Crippen LogP contribution in [0.25, 0.3) is 10.1 Å². The van der Waals surface area contributed by atoms with Crippen molar-refractivity contribution in [3.63, 3.8) is 0 Å². The fourth-order valence-corrected chi connectivity index (χ4v) is 5.78. The third-order valence-corrected chi connectivity index (χ3v) is 6.71. The Balaban J connectivity index is 2.19. The lowest BCUT2D eigenvalue weighted by atomic mass is 10.1. The van der Waals surface area contributed by atoms with Crippen molar-refractivity contribution in [1.29, 1.82) is 0 Å². The van der Waals surface area contributed by atoms with Gasteiger partial charge in [-0.05, 0) is 38.0 Å². The molecule has 2 aromatic carbocycles. The van der Waals surface area contributed by atoms with E-state index in [0.29, 0.717) is 11.1 Å². The predicted octanol–water partition coefficient (Wildman–Crippen LogP) is 4.50. The molecule has 1 N–H and O–H groups in total. The highest BCUT2D eigenvalue weighted by Gasteiger charge is 2.29. The van der Waals surface area contributed by atoms with Gasteiger partial charge in [-0.15, -0.1) is 11.3 Å². The first-order valence-electron chi connectivity index (χ1n) is 8.13. The van der Waals surface area contributed by atoms with Gasteiger partial charge in [0.25, 0.3) is 10.0 Å². The number of hydrogen-bond acceptors (Lipinski definition) is 5. The molecule has 7 heteroatoms. The largest absolute Gasteiger partial charge is 0.462 e. The van der Waals surface area contributed by atoms with Gasteiger partial charge in [-0.3, -0.25) is 4.72 Å². The van der Waals surface area contributed by atoms with Crippen LogP contribution in [0.15, 0.2) is 47.4 Å². The monoisotopic (exact) mass is 389 g/mol. The van der Waals surface area contributed by atoms with E-state index in [1.807, 2.05) is 38.1 Å². The highest BCUT2D eigenvalue weighted by molar-refractivity contribution is 7.93. The second-order valence-electron chi connectivity index (χ2n) is 5.85. The van der Waals surface area contributed by atoms with Crippen molar-refractivity contribution in [1.82, 2.24) is 0 Å². The Morgan fingerprint density at radius 2 is 1.73 bits per heavy atom. The molecule has 0 bridgehead atoms. The molecule has 3 aromatic rings. The van der Waals surface area contributed by atoms with E-state index < -0.39 is 16.0 Å². The Labute approximate surface area is 156 Å². The number of anilines is 1. The fraction of sp³-hybridized carbons (Fsp3) is 0.211. The summed E-state index contributed by atoms with van der Waals surface area (Å²) in [4.78, 5) is 12.4. The van der Waals surface area contributed by atoms with E-state index in [1.165, 1.54) is 0 Å². The lowest BCUT2D eigenvalue weighted by Crippen LogP contribution is -2.17. The van der Waals surface area contributed by atoms with Crippen molar-refractivity contribution in [3.8, 4) is 0 Å². The van der Waals surface area contributed by atoms with Gasteiger partial charge in [-0.25, -0.2) is 13.2 Å². The van der Waals surface area contributed by atoms with Crippen molar-refractivity contribution in [2.75, 3.05) is 11.3 Å². The van der Waals surface area contributed by atoms with Crippen LogP contribution in [0, 0.1) is 13.8 Å². The number of fused-ring (bicyclic) bond motifs is 1. The van der Waals surface area contributed by atoms with Gasteiger partial charge >= 0.3 is 5.97 Å². The van der Waals surface area contributed by atoms with Crippen LogP contribution in [0.2, 0.25) is 0 Å². The molecule has 26 heavy (non-hydrogen) atoms. The normalized spacial score (nSPS) is 11.5. The van der Waals surface area contributed by atoms with Crippen molar-refractivity contribution in [3.05, 3.63) is 58.5 Å². The number of sulfonamides is 1. The predicted molar refractivity (Wildman–Crippen MR) is 105 cm³/mol. The summed E-state index contributed by atoms with van der Waals surface area (Å²) in [6, 6.07) is 12.6. The third-order valence-electron chi connectivity index (χ3n) is 4.00. The van der Waals surface area contributed by atoms with E-state index in [-0.39, 0.29) is 16.4 Å². The van der Waals surface area contributed by atoms with E-state index in [4.69, 9.17) is 4.74 Å². The van der Waals surface area contributed by atoms with E-state index in [1.54, 1.807) is 25.1 Å². The maximum absolute atomic E-state index is 13.2. The number of carbonyl (C=O) groups excluding carboxylic acids is 1. The molecular formula is C19H19NO4S2. The lowest BCUT2D eigenvalue weighted by molar-refractivity contribution is 0.0528. The number of thiophene rings is 1. The minimum Gasteiger partial charge on any atom is -0.462 e. The molecule has 0 fully saturated rings. The summed E-state index contributed by atoms with van der Waals surface area (Å²) < 4.78 is 34.8. The summed E-state index contributed by atoms with van der Waals surface area (Å²) >= 11 is 1.12. The number of esters is 1. The summed E-state index contributed by atoms with van der Waals surface area (Å²) in [5.74, 6) is -0.629. The minimum atomic E-state index is -3.98. The number of benzene rings is 2. The first-order chi connectivity index (χ1) is 12.3. The van der Waals surface area contributed by atoms with Crippen LogP contribution < -0.4 is 4.72 Å². The van der Waals surface area contributed by atoms with E-state index >= 15 is 0 Å². The molecule has 0 aliphatic carbocycles. The zero-order valence-electron chi connectivity index (χ0n) is 14.7. The Morgan fingerprint density at radius 3 is 2.38 bits per heavy atom. The molecule has 5 nitrogen and oxygen atoms in total. The van der Waals surface area contributed by atoms with Gasteiger partial charge in [0.15, 0.2) is 0 Å². The number of aryl methyl sites for hydroxylation is 2. The SMILES string of the molecule is CCOC(=O)c1sc2ccccc2c1S(=O)(=O)Nc1c(C)cccc1C. The van der Waals surface area contributed by atoms with Crippen molar-refractivity contribution >= 4 is 43.1 Å². The molecule has 0 radical (unpaired) electrons. The molecule has 0 unspecified atom stereocenters. The van der Waals surface area contributed by atoms with Crippen molar-refractivity contribution in [2.45, 2.75) is 25.7 Å². The number of para-hydroxylation sites is 1. The van der Waals surface area contributed by atoms with Crippen LogP contribution in [0.5, 0.6) is 0 Å². The Kier molecular flexibility index (Phi) is 5.02. The summed E-state index contributed by atoms with van der Waals surface area (Å²) in [7, 11) is -3.98. The molecule has 0 atom stereocenters. The number of hydrogen-bond donors (Lipinski definition) is 1. The molecule has 1 heterocycles. The summed E-state index contributed by atoms with van der Waals surface area (Å²) in [5, 5.41) is 0.513. The van der Waals surface area contributed by atoms with Gasteiger partial charge < -0.3 is 4.74 Å². The smallest absolute Gasteiger partial charge is 0.349 e. The lowest BCUT2D eigenvalue weighted by Gasteiger charge is -2.14. The molecule has 0 spiro atoms. The minimum absolute atomic E-state index is 0.0285. The zero-order chi connectivity index (χ0) is 18.9. The second-order valence-corrected chi connectivity index (χ2v) is 8.52. The number of ether oxygens (including phenoxy) is 1. The van der Waals surface area contributed by atoms with E-state index in [2.05, 4.69) is 4.72 Å². The fourth-order valence-electron chi connectivity index (χ4n) is 2.78. The van der Waals surface area contributed by atoms with Crippen LogP contribution >= 0.6 is 11.3 Å². The Morgan fingerprint density at radius 1 is 1.08 bits per heavy atom. The van der Waals surface area contributed by atoms with Crippen molar-refractivity contribution in [2.24, 2.45) is 0 Å². The third kappa shape index (κ3) is 3.32. The van der Waals surface area contributed by atoms with Gasteiger partial charge in [-0.2, -0.15) is 0 Å². The molecule has 0 aliphatic heterocycles. The van der Waals surface area contributed by atoms with Crippen LogP contribution in [-0.2, 0) is 14.8 Å². The summed E-state index contributed by atoms with van der Waals surface area (Å²) in [6.45, 7) is 5.54. The molecule has 136 valence electrons. The molecule has 0 amide bonds. The highest BCUT2D eigenvalue weighted by atomic mass is 32.2. The topological polar surface area (TPSA) is 72.5 Å². The molecule has 1 aromatic heterocycles.